The van der Waals surface area contributed by atoms with E-state index in [0.717, 1.165) is 0 Å². The predicted molar refractivity (Wildman–Crippen MR) is 77.7 cm³/mol. The number of nitrogens with zero attached hydrogens (tertiary/aromatic N) is 1. The number of sulfonamides is 1. The highest BCUT2D eigenvalue weighted by atomic mass is 32.2. The Morgan fingerprint density at radius 3 is 2.55 bits per heavy atom. The summed E-state index contributed by atoms with van der Waals surface area (Å²) in [5.41, 5.74) is 0.272. The van der Waals surface area contributed by atoms with E-state index >= 15 is 0 Å². The van der Waals surface area contributed by atoms with Crippen LogP contribution in [-0.4, -0.2) is 38.3 Å². The fraction of sp³-hybridized carbons (Fsp3) is 0.357. The van der Waals surface area contributed by atoms with Gasteiger partial charge >= 0.3 is 0 Å². The summed E-state index contributed by atoms with van der Waals surface area (Å²) in [5.74, 6) is 1.90. The van der Waals surface area contributed by atoms with Crippen LogP contribution in [0.15, 0.2) is 29.2 Å². The number of rotatable bonds is 6. The van der Waals surface area contributed by atoms with Crippen molar-refractivity contribution in [3.05, 3.63) is 29.8 Å². The summed E-state index contributed by atoms with van der Waals surface area (Å²) in [6.07, 6.45) is 5.06. The van der Waals surface area contributed by atoms with Gasteiger partial charge in [-0.1, -0.05) is 25.8 Å². The quantitative estimate of drug-likeness (QED) is 0.798. The molecule has 0 spiro atoms. The molecule has 0 saturated heterocycles. The van der Waals surface area contributed by atoms with Gasteiger partial charge < -0.3 is 5.32 Å². The molecule has 0 aliphatic heterocycles. The zero-order valence-corrected chi connectivity index (χ0v) is 12.4. The van der Waals surface area contributed by atoms with Gasteiger partial charge in [-0.25, -0.2) is 8.42 Å². The Bertz CT molecular complexity index is 614. The molecule has 1 amide bonds. The first-order valence-electron chi connectivity index (χ1n) is 6.29. The summed E-state index contributed by atoms with van der Waals surface area (Å²) in [7, 11) is -3.56. The third kappa shape index (κ3) is 3.59. The van der Waals surface area contributed by atoms with Crippen LogP contribution in [0.3, 0.4) is 0 Å². The van der Waals surface area contributed by atoms with Crippen LogP contribution in [0.1, 0.15) is 24.2 Å². The maximum Gasteiger partial charge on any atom is 0.252 e. The minimum Gasteiger partial charge on any atom is -0.341 e. The van der Waals surface area contributed by atoms with Gasteiger partial charge in [0, 0.05) is 18.7 Å². The van der Waals surface area contributed by atoms with Gasteiger partial charge in [-0.15, -0.1) is 6.42 Å². The molecule has 0 aliphatic carbocycles. The molecule has 0 bridgehead atoms. The molecule has 0 aromatic heterocycles. The highest BCUT2D eigenvalue weighted by molar-refractivity contribution is 7.89. The molecule has 1 aromatic rings. The van der Waals surface area contributed by atoms with Gasteiger partial charge in [0.25, 0.3) is 5.91 Å². The Kier molecular flexibility index (Phi) is 5.74. The van der Waals surface area contributed by atoms with Crippen molar-refractivity contribution in [3.8, 4) is 12.3 Å². The smallest absolute Gasteiger partial charge is 0.252 e. The molecule has 6 heteroatoms. The van der Waals surface area contributed by atoms with Crippen molar-refractivity contribution in [1.82, 2.24) is 9.62 Å². The van der Waals surface area contributed by atoms with Crippen LogP contribution in [0.2, 0.25) is 0 Å². The molecule has 5 nitrogen and oxygen atoms in total. The molecule has 0 heterocycles. The van der Waals surface area contributed by atoms with Crippen LogP contribution >= 0.6 is 0 Å². The Labute approximate surface area is 120 Å². The average molecular weight is 294 g/mol. The lowest BCUT2D eigenvalue weighted by molar-refractivity contribution is 0.0958. The van der Waals surface area contributed by atoms with Crippen molar-refractivity contribution in [2.75, 3.05) is 19.6 Å². The van der Waals surface area contributed by atoms with E-state index < -0.39 is 10.0 Å². The molecule has 0 aliphatic rings. The van der Waals surface area contributed by atoms with Crippen LogP contribution in [0.5, 0.6) is 0 Å². The van der Waals surface area contributed by atoms with Crippen LogP contribution < -0.4 is 5.32 Å². The van der Waals surface area contributed by atoms with E-state index in [1.54, 1.807) is 26.0 Å². The van der Waals surface area contributed by atoms with E-state index in [9.17, 15) is 13.2 Å². The number of amides is 1. The zero-order chi connectivity index (χ0) is 15.2. The molecule has 0 radical (unpaired) electrons. The van der Waals surface area contributed by atoms with Gasteiger partial charge in [-0.2, -0.15) is 4.31 Å². The van der Waals surface area contributed by atoms with Crippen molar-refractivity contribution in [1.29, 1.82) is 0 Å². The number of carbonyl (C=O) groups is 1. The minimum atomic E-state index is -3.56. The second-order valence-corrected chi connectivity index (χ2v) is 5.94. The Balaban J connectivity index is 3.11. The monoisotopic (exact) mass is 294 g/mol. The second kappa shape index (κ2) is 7.08. The Morgan fingerprint density at radius 2 is 2.00 bits per heavy atom. The van der Waals surface area contributed by atoms with E-state index in [4.69, 9.17) is 6.42 Å². The van der Waals surface area contributed by atoms with Gasteiger partial charge in [0.05, 0.1) is 11.4 Å². The molecule has 108 valence electrons. The second-order valence-electron chi connectivity index (χ2n) is 4.00. The number of benzene rings is 1. The highest BCUT2D eigenvalue weighted by Crippen LogP contribution is 2.16. The fourth-order valence-electron chi connectivity index (χ4n) is 1.74. The molecule has 0 unspecified atom stereocenters. The first-order chi connectivity index (χ1) is 9.47. The number of nitrogens with one attached hydrogen (secondary N) is 1. The van der Waals surface area contributed by atoms with Crippen LogP contribution in [-0.2, 0) is 10.0 Å². The zero-order valence-electron chi connectivity index (χ0n) is 11.6. The summed E-state index contributed by atoms with van der Waals surface area (Å²) >= 11 is 0. The standard InChI is InChI=1S/C14H18N2O3S/c1-4-10-15-14(17)12-8-7-9-13(11-12)20(18,19)16(5-2)6-3/h1,7-9,11H,5-6,10H2,2-3H3,(H,15,17). The number of hydrogen-bond donors (Lipinski definition) is 1. The van der Waals surface area contributed by atoms with Gasteiger partial charge in [0.15, 0.2) is 0 Å². The summed E-state index contributed by atoms with van der Waals surface area (Å²) in [6.45, 7) is 4.40. The van der Waals surface area contributed by atoms with Crippen LogP contribution in [0, 0.1) is 12.3 Å². The molecular weight excluding hydrogens is 276 g/mol. The molecular formula is C14H18N2O3S. The lowest BCUT2D eigenvalue weighted by Gasteiger charge is -2.18. The van der Waals surface area contributed by atoms with Crippen molar-refractivity contribution < 1.29 is 13.2 Å². The first kappa shape index (κ1) is 16.2. The van der Waals surface area contributed by atoms with Gasteiger partial charge in [-0.05, 0) is 18.2 Å². The summed E-state index contributed by atoms with van der Waals surface area (Å²) in [4.78, 5) is 11.9. The molecule has 0 saturated carbocycles. The number of terminal acetylenes is 1. The SMILES string of the molecule is C#CCNC(=O)c1cccc(S(=O)(=O)N(CC)CC)c1. The van der Waals surface area contributed by atoms with E-state index in [-0.39, 0.29) is 22.9 Å². The number of hydrogen-bond acceptors (Lipinski definition) is 3. The van der Waals surface area contributed by atoms with E-state index in [1.807, 2.05) is 0 Å². The molecule has 1 N–H and O–H groups in total. The van der Waals surface area contributed by atoms with E-state index in [2.05, 4.69) is 11.2 Å². The van der Waals surface area contributed by atoms with E-state index in [1.165, 1.54) is 16.4 Å². The van der Waals surface area contributed by atoms with Crippen LogP contribution in [0.25, 0.3) is 0 Å². The topological polar surface area (TPSA) is 66.5 Å². The summed E-state index contributed by atoms with van der Waals surface area (Å²) in [5, 5.41) is 2.50. The molecule has 20 heavy (non-hydrogen) atoms. The maximum atomic E-state index is 12.3. The fourth-order valence-corrected chi connectivity index (χ4v) is 3.25. The third-order valence-electron chi connectivity index (χ3n) is 2.79. The van der Waals surface area contributed by atoms with E-state index in [0.29, 0.717) is 13.1 Å². The molecule has 0 fully saturated rings. The van der Waals surface area contributed by atoms with Gasteiger partial charge in [-0.3, -0.25) is 4.79 Å². The molecule has 1 rings (SSSR count). The normalized spacial score (nSPS) is 11.1. The summed E-state index contributed by atoms with van der Waals surface area (Å²) in [6, 6.07) is 5.93. The maximum absolute atomic E-state index is 12.3. The molecule has 1 aromatic carbocycles. The Morgan fingerprint density at radius 1 is 1.35 bits per heavy atom. The van der Waals surface area contributed by atoms with Crippen molar-refractivity contribution in [2.45, 2.75) is 18.7 Å². The number of carbonyl (C=O) groups excluding carboxylic acids is 1. The third-order valence-corrected chi connectivity index (χ3v) is 4.84. The lowest BCUT2D eigenvalue weighted by Crippen LogP contribution is -2.31. The Hall–Kier alpha value is -1.84. The van der Waals surface area contributed by atoms with Crippen LogP contribution in [0.4, 0.5) is 0 Å². The first-order valence-corrected chi connectivity index (χ1v) is 7.73. The van der Waals surface area contributed by atoms with Gasteiger partial charge in [0.2, 0.25) is 10.0 Å². The lowest BCUT2D eigenvalue weighted by atomic mass is 10.2. The largest absolute Gasteiger partial charge is 0.341 e. The summed E-state index contributed by atoms with van der Waals surface area (Å²) < 4.78 is 26.0. The van der Waals surface area contributed by atoms with Crippen molar-refractivity contribution in [2.24, 2.45) is 0 Å². The molecule has 0 atom stereocenters. The minimum absolute atomic E-state index is 0.103. The highest BCUT2D eigenvalue weighted by Gasteiger charge is 2.22. The van der Waals surface area contributed by atoms with Crippen molar-refractivity contribution >= 4 is 15.9 Å². The van der Waals surface area contributed by atoms with Crippen molar-refractivity contribution in [3.63, 3.8) is 0 Å². The average Bonchev–Trinajstić information content (AvgIpc) is 2.46. The van der Waals surface area contributed by atoms with Gasteiger partial charge in [0.1, 0.15) is 0 Å². The predicted octanol–water partition coefficient (Wildman–Crippen LogP) is 1.08.